The van der Waals surface area contributed by atoms with Crippen molar-refractivity contribution in [3.8, 4) is 23.1 Å². The molecule has 9 heteroatoms. The maximum absolute atomic E-state index is 13.7. The maximum Gasteiger partial charge on any atom is 0.245 e. The summed E-state index contributed by atoms with van der Waals surface area (Å²) in [5.74, 6) is 0.277. The van der Waals surface area contributed by atoms with E-state index in [-0.39, 0.29) is 0 Å². The Hall–Kier alpha value is -4.16. The van der Waals surface area contributed by atoms with E-state index >= 15 is 0 Å². The molecule has 33 heavy (non-hydrogen) atoms. The number of methoxy groups -OCH3 is 1. The van der Waals surface area contributed by atoms with Crippen LogP contribution in [0.15, 0.2) is 54.7 Å². The molecule has 2 aromatic heterocycles. The van der Waals surface area contributed by atoms with Crippen molar-refractivity contribution >= 4 is 22.8 Å². The molecule has 0 amide bonds. The second-order valence-corrected chi connectivity index (χ2v) is 7.69. The quantitative estimate of drug-likeness (QED) is 0.487. The zero-order chi connectivity index (χ0) is 22.8. The highest BCUT2D eigenvalue weighted by molar-refractivity contribution is 5.78. The van der Waals surface area contributed by atoms with Gasteiger partial charge in [0.05, 0.1) is 30.1 Å². The molecule has 0 unspecified atom stereocenters. The number of hydrogen-bond acceptors (Lipinski definition) is 7. The summed E-state index contributed by atoms with van der Waals surface area (Å²) in [6.07, 6.45) is 1.64. The van der Waals surface area contributed by atoms with Crippen molar-refractivity contribution in [3.05, 3.63) is 66.1 Å². The minimum Gasteiger partial charge on any atom is -0.496 e. The van der Waals surface area contributed by atoms with E-state index in [0.717, 1.165) is 31.9 Å². The number of nitrogens with one attached hydrogen (secondary N) is 2. The minimum absolute atomic E-state index is 0.322. The van der Waals surface area contributed by atoms with Crippen molar-refractivity contribution in [2.24, 2.45) is 0 Å². The third kappa shape index (κ3) is 4.04. The molecule has 1 saturated heterocycles. The van der Waals surface area contributed by atoms with Crippen molar-refractivity contribution in [1.29, 1.82) is 5.26 Å². The number of nitriles is 1. The lowest BCUT2D eigenvalue weighted by atomic mass is 10.1. The van der Waals surface area contributed by atoms with Crippen LogP contribution in [0.25, 0.3) is 16.8 Å². The Morgan fingerprint density at radius 3 is 2.64 bits per heavy atom. The average molecular weight is 443 g/mol. The van der Waals surface area contributed by atoms with E-state index in [4.69, 9.17) is 4.74 Å². The highest BCUT2D eigenvalue weighted by atomic mass is 19.1. The van der Waals surface area contributed by atoms with E-state index in [1.165, 1.54) is 24.9 Å². The van der Waals surface area contributed by atoms with Crippen molar-refractivity contribution in [1.82, 2.24) is 19.9 Å². The van der Waals surface area contributed by atoms with Gasteiger partial charge in [-0.1, -0.05) is 0 Å². The topological polar surface area (TPSA) is 90.5 Å². The molecule has 0 aliphatic carbocycles. The lowest BCUT2D eigenvalue weighted by molar-refractivity contribution is 0.412. The predicted molar refractivity (Wildman–Crippen MR) is 124 cm³/mol. The van der Waals surface area contributed by atoms with Gasteiger partial charge in [-0.3, -0.25) is 0 Å². The molecular formula is C24H22FN7O. The van der Waals surface area contributed by atoms with Crippen LogP contribution in [0.3, 0.4) is 0 Å². The van der Waals surface area contributed by atoms with Crippen molar-refractivity contribution in [3.63, 3.8) is 0 Å². The lowest BCUT2D eigenvalue weighted by Crippen LogP contribution is -2.43. The minimum atomic E-state index is -0.420. The largest absolute Gasteiger partial charge is 0.496 e. The number of fused-ring (bicyclic) bond motifs is 1. The summed E-state index contributed by atoms with van der Waals surface area (Å²) in [5, 5.41) is 20.9. The molecule has 8 nitrogen and oxygen atoms in total. The molecule has 0 radical (unpaired) electrons. The fraction of sp³-hybridized carbons (Fsp3) is 0.208. The lowest BCUT2D eigenvalue weighted by Gasteiger charge is -2.29. The predicted octanol–water partition coefficient (Wildman–Crippen LogP) is 3.57. The summed E-state index contributed by atoms with van der Waals surface area (Å²) >= 11 is 0. The maximum atomic E-state index is 13.7. The zero-order valence-electron chi connectivity index (χ0n) is 18.0. The standard InChI is InChI=1S/C24H22FN7O/c1-33-22-13-17(25)2-7-21(22)23-16(14-26)12-20-15-28-24(30-32(20)23)29-18-3-5-19(6-4-18)31-10-8-27-9-11-31/h2-7,12-13,15,27H,8-11H2,1H3,(H,29,30). The van der Waals surface area contributed by atoms with Crippen LogP contribution in [0.1, 0.15) is 5.56 Å². The molecule has 4 aromatic rings. The van der Waals surface area contributed by atoms with E-state index in [2.05, 4.69) is 43.8 Å². The summed E-state index contributed by atoms with van der Waals surface area (Å²) in [6.45, 7) is 3.93. The van der Waals surface area contributed by atoms with Crippen LogP contribution in [0.4, 0.5) is 21.7 Å². The van der Waals surface area contributed by atoms with Crippen molar-refractivity contribution < 1.29 is 9.13 Å². The third-order valence-corrected chi connectivity index (χ3v) is 5.66. The Kier molecular flexibility index (Phi) is 5.50. The number of anilines is 3. The van der Waals surface area contributed by atoms with Crippen LogP contribution in [-0.4, -0.2) is 47.9 Å². The second-order valence-electron chi connectivity index (χ2n) is 7.69. The Morgan fingerprint density at radius 1 is 1.12 bits per heavy atom. The number of piperazine rings is 1. The second kappa shape index (κ2) is 8.76. The first-order chi connectivity index (χ1) is 16.2. The molecule has 0 saturated carbocycles. The van der Waals surface area contributed by atoms with E-state index in [1.807, 2.05) is 12.1 Å². The number of halogens is 1. The number of benzene rings is 2. The number of hydrogen-bond donors (Lipinski definition) is 2. The first-order valence-electron chi connectivity index (χ1n) is 10.6. The Morgan fingerprint density at radius 2 is 1.91 bits per heavy atom. The normalized spacial score (nSPS) is 13.7. The molecule has 5 rings (SSSR count). The molecule has 1 fully saturated rings. The van der Waals surface area contributed by atoms with Gasteiger partial charge in [0.1, 0.15) is 17.6 Å². The van der Waals surface area contributed by atoms with Gasteiger partial charge in [0.2, 0.25) is 5.95 Å². The van der Waals surface area contributed by atoms with Crippen LogP contribution in [0.2, 0.25) is 0 Å². The Balaban J connectivity index is 1.48. The summed E-state index contributed by atoms with van der Waals surface area (Å²) in [5.41, 5.74) is 4.15. The third-order valence-electron chi connectivity index (χ3n) is 5.66. The molecule has 0 atom stereocenters. The SMILES string of the molecule is COc1cc(F)ccc1-c1c(C#N)cc2cnc(Nc3ccc(N4CCNCC4)cc3)nn12. The smallest absolute Gasteiger partial charge is 0.245 e. The van der Waals surface area contributed by atoms with Gasteiger partial charge in [-0.2, -0.15) is 5.26 Å². The molecule has 3 heterocycles. The number of nitrogens with zero attached hydrogens (tertiary/aromatic N) is 5. The van der Waals surface area contributed by atoms with E-state index in [1.54, 1.807) is 22.8 Å². The summed E-state index contributed by atoms with van der Waals surface area (Å²) < 4.78 is 20.7. The fourth-order valence-corrected chi connectivity index (χ4v) is 4.04. The molecule has 2 N–H and O–H groups in total. The fourth-order valence-electron chi connectivity index (χ4n) is 4.04. The van der Waals surface area contributed by atoms with Crippen molar-refractivity contribution in [2.45, 2.75) is 0 Å². The van der Waals surface area contributed by atoms with E-state index in [9.17, 15) is 9.65 Å². The molecule has 2 aromatic carbocycles. The van der Waals surface area contributed by atoms with Crippen LogP contribution in [0.5, 0.6) is 5.75 Å². The summed E-state index contributed by atoms with van der Waals surface area (Å²) in [7, 11) is 1.46. The van der Waals surface area contributed by atoms with Gasteiger partial charge in [-0.15, -0.1) is 5.10 Å². The zero-order valence-corrected chi connectivity index (χ0v) is 18.0. The number of ether oxygens (including phenoxy) is 1. The molecule has 1 aliphatic heterocycles. The molecular weight excluding hydrogens is 421 g/mol. The highest BCUT2D eigenvalue weighted by Crippen LogP contribution is 2.34. The van der Waals surface area contributed by atoms with Crippen LogP contribution in [-0.2, 0) is 0 Å². The van der Waals surface area contributed by atoms with E-state index in [0.29, 0.717) is 34.0 Å². The summed E-state index contributed by atoms with van der Waals surface area (Å²) in [6, 6.07) is 16.2. The van der Waals surface area contributed by atoms with Crippen molar-refractivity contribution in [2.75, 3.05) is 43.5 Å². The van der Waals surface area contributed by atoms with Gasteiger partial charge in [0, 0.05) is 49.2 Å². The first-order valence-corrected chi connectivity index (χ1v) is 10.6. The molecule has 166 valence electrons. The van der Waals surface area contributed by atoms with Gasteiger partial charge in [0.25, 0.3) is 0 Å². The average Bonchev–Trinajstić information content (AvgIpc) is 3.22. The molecule has 0 spiro atoms. The van der Waals surface area contributed by atoms with Gasteiger partial charge in [0.15, 0.2) is 0 Å². The van der Waals surface area contributed by atoms with Crippen LogP contribution in [0, 0.1) is 17.1 Å². The molecule has 1 aliphatic rings. The first kappa shape index (κ1) is 20.7. The number of aromatic nitrogens is 3. The Bertz CT molecular complexity index is 1340. The van der Waals surface area contributed by atoms with Gasteiger partial charge in [-0.05, 0) is 42.5 Å². The van der Waals surface area contributed by atoms with Gasteiger partial charge >= 0.3 is 0 Å². The summed E-state index contributed by atoms with van der Waals surface area (Å²) in [4.78, 5) is 6.73. The van der Waals surface area contributed by atoms with Gasteiger partial charge in [-0.25, -0.2) is 13.9 Å². The Labute approximate surface area is 190 Å². The monoisotopic (exact) mass is 443 g/mol. The van der Waals surface area contributed by atoms with Crippen LogP contribution >= 0.6 is 0 Å². The highest BCUT2D eigenvalue weighted by Gasteiger charge is 2.19. The van der Waals surface area contributed by atoms with Crippen LogP contribution < -0.4 is 20.3 Å². The van der Waals surface area contributed by atoms with Gasteiger partial charge < -0.3 is 20.3 Å². The number of rotatable bonds is 5. The molecule has 0 bridgehead atoms. The van der Waals surface area contributed by atoms with E-state index < -0.39 is 5.82 Å².